The molecule has 2 N–H and O–H groups in total. The molecule has 0 saturated heterocycles. The summed E-state index contributed by atoms with van der Waals surface area (Å²) in [4.78, 5) is 0. The summed E-state index contributed by atoms with van der Waals surface area (Å²) in [7, 11) is 0. The van der Waals surface area contributed by atoms with Crippen LogP contribution in [0.25, 0.3) is 0 Å². The van der Waals surface area contributed by atoms with Crippen LogP contribution >= 0.6 is 24.0 Å². The molecular weight excluding hydrogens is 205 g/mol. The summed E-state index contributed by atoms with van der Waals surface area (Å²) in [6.45, 7) is 0. The summed E-state index contributed by atoms with van der Waals surface area (Å²) in [6.07, 6.45) is 2.54. The van der Waals surface area contributed by atoms with Crippen molar-refractivity contribution >= 4 is 24.0 Å². The van der Waals surface area contributed by atoms with E-state index in [4.69, 9.17) is 17.3 Å². The fraction of sp³-hybridized carbons (Fsp3) is 0.400. The molecule has 0 aliphatic heterocycles. The first kappa shape index (κ1) is 10.8. The summed E-state index contributed by atoms with van der Waals surface area (Å²) in [5.41, 5.74) is 7.18. The molecule has 1 aromatic rings. The van der Waals surface area contributed by atoms with Crippen LogP contribution in [0.2, 0.25) is 5.02 Å². The number of rotatable bonds is 2. The lowest BCUT2D eigenvalue weighted by atomic mass is 10.0. The lowest BCUT2D eigenvalue weighted by Crippen LogP contribution is -2.11. The Balaban J connectivity index is 0.000000845. The van der Waals surface area contributed by atoms with E-state index in [0.29, 0.717) is 5.92 Å². The van der Waals surface area contributed by atoms with E-state index in [1.54, 1.807) is 0 Å². The summed E-state index contributed by atoms with van der Waals surface area (Å²) in [5.74, 6) is 0.698. The second-order valence-corrected chi connectivity index (χ2v) is 3.85. The van der Waals surface area contributed by atoms with Gasteiger partial charge in [-0.2, -0.15) is 0 Å². The van der Waals surface area contributed by atoms with Gasteiger partial charge in [-0.3, -0.25) is 0 Å². The third kappa shape index (κ3) is 2.60. The lowest BCUT2D eigenvalue weighted by Gasteiger charge is -2.10. The van der Waals surface area contributed by atoms with E-state index in [1.165, 1.54) is 18.4 Å². The minimum atomic E-state index is 0. The van der Waals surface area contributed by atoms with Gasteiger partial charge in [-0.15, -0.1) is 12.4 Å². The predicted octanol–water partition coefficient (Wildman–Crippen LogP) is 3.17. The molecule has 0 amide bonds. The van der Waals surface area contributed by atoms with Crippen molar-refractivity contribution in [3.63, 3.8) is 0 Å². The van der Waals surface area contributed by atoms with Gasteiger partial charge in [-0.25, -0.2) is 0 Å². The van der Waals surface area contributed by atoms with E-state index < -0.39 is 0 Å². The fourth-order valence-electron chi connectivity index (χ4n) is 1.44. The molecule has 1 aliphatic rings. The molecule has 1 atom stereocenters. The molecule has 0 radical (unpaired) electrons. The smallest absolute Gasteiger partial charge is 0.0409 e. The molecule has 1 saturated carbocycles. The first-order valence-corrected chi connectivity index (χ1v) is 4.66. The summed E-state index contributed by atoms with van der Waals surface area (Å²) in [6, 6.07) is 8.05. The molecule has 0 heterocycles. The average Bonchev–Trinajstić information content (AvgIpc) is 2.85. The van der Waals surface area contributed by atoms with Gasteiger partial charge in [0.25, 0.3) is 0 Å². The van der Waals surface area contributed by atoms with Crippen molar-refractivity contribution in [1.82, 2.24) is 0 Å². The Bertz CT molecular complexity index is 284. The first-order chi connectivity index (χ1) is 5.77. The van der Waals surface area contributed by atoms with Gasteiger partial charge in [-0.05, 0) is 36.5 Å². The van der Waals surface area contributed by atoms with Crippen LogP contribution in [0, 0.1) is 5.92 Å². The molecule has 72 valence electrons. The minimum absolute atomic E-state index is 0. The number of hydrogen-bond donors (Lipinski definition) is 1. The number of benzene rings is 1. The Labute approximate surface area is 89.7 Å². The second kappa shape index (κ2) is 4.32. The first-order valence-electron chi connectivity index (χ1n) is 4.28. The van der Waals surface area contributed by atoms with Crippen LogP contribution in [0.3, 0.4) is 0 Å². The normalized spacial score (nSPS) is 17.7. The van der Waals surface area contributed by atoms with Gasteiger partial charge in [0.2, 0.25) is 0 Å². The predicted molar refractivity (Wildman–Crippen MR) is 58.4 cm³/mol. The van der Waals surface area contributed by atoms with Crippen LogP contribution < -0.4 is 5.73 Å². The number of hydrogen-bond acceptors (Lipinski definition) is 1. The van der Waals surface area contributed by atoms with E-state index >= 15 is 0 Å². The Hall–Kier alpha value is -0.240. The van der Waals surface area contributed by atoms with E-state index in [0.717, 1.165) is 5.02 Å². The summed E-state index contributed by atoms with van der Waals surface area (Å²) >= 11 is 5.86. The van der Waals surface area contributed by atoms with Gasteiger partial charge in [0, 0.05) is 11.1 Å². The average molecular weight is 218 g/mol. The topological polar surface area (TPSA) is 26.0 Å². The van der Waals surface area contributed by atoms with E-state index in [-0.39, 0.29) is 18.4 Å². The van der Waals surface area contributed by atoms with E-state index in [2.05, 4.69) is 6.07 Å². The molecular formula is C10H13Cl2N. The molecule has 1 aliphatic carbocycles. The SMILES string of the molecule is Cl.NC(c1cccc(Cl)c1)C1CC1. The molecule has 0 aromatic heterocycles. The van der Waals surface area contributed by atoms with Crippen LogP contribution in [0.4, 0.5) is 0 Å². The zero-order valence-electron chi connectivity index (χ0n) is 7.24. The van der Waals surface area contributed by atoms with E-state index in [1.807, 2.05) is 18.2 Å². The van der Waals surface area contributed by atoms with Gasteiger partial charge < -0.3 is 5.73 Å². The maximum absolute atomic E-state index is 6.01. The summed E-state index contributed by atoms with van der Waals surface area (Å²) < 4.78 is 0. The van der Waals surface area contributed by atoms with Crippen molar-refractivity contribution in [3.05, 3.63) is 34.9 Å². The third-order valence-corrected chi connectivity index (χ3v) is 2.60. The number of nitrogens with two attached hydrogens (primary N) is 1. The van der Waals surface area contributed by atoms with Crippen molar-refractivity contribution in [1.29, 1.82) is 0 Å². The van der Waals surface area contributed by atoms with Crippen LogP contribution in [-0.2, 0) is 0 Å². The van der Waals surface area contributed by atoms with Crippen molar-refractivity contribution in [2.75, 3.05) is 0 Å². The van der Waals surface area contributed by atoms with Crippen LogP contribution in [0.15, 0.2) is 24.3 Å². The highest BCUT2D eigenvalue weighted by molar-refractivity contribution is 6.30. The largest absolute Gasteiger partial charge is 0.324 e. The van der Waals surface area contributed by atoms with Crippen molar-refractivity contribution in [2.24, 2.45) is 11.7 Å². The highest BCUT2D eigenvalue weighted by atomic mass is 35.5. The maximum atomic E-state index is 6.01. The van der Waals surface area contributed by atoms with Crippen molar-refractivity contribution in [2.45, 2.75) is 18.9 Å². The molecule has 3 heteroatoms. The van der Waals surface area contributed by atoms with Gasteiger partial charge in [0.1, 0.15) is 0 Å². The van der Waals surface area contributed by atoms with Gasteiger partial charge in [0.15, 0.2) is 0 Å². The maximum Gasteiger partial charge on any atom is 0.0409 e. The monoisotopic (exact) mass is 217 g/mol. The quantitative estimate of drug-likeness (QED) is 0.810. The Morgan fingerprint density at radius 1 is 1.38 bits per heavy atom. The van der Waals surface area contributed by atoms with Gasteiger partial charge in [0.05, 0.1) is 0 Å². The van der Waals surface area contributed by atoms with Crippen LogP contribution in [0.5, 0.6) is 0 Å². The number of halogens is 2. The molecule has 1 unspecified atom stereocenters. The summed E-state index contributed by atoms with van der Waals surface area (Å²) in [5, 5.41) is 0.781. The highest BCUT2D eigenvalue weighted by Crippen LogP contribution is 2.39. The minimum Gasteiger partial charge on any atom is -0.324 e. The Kier molecular flexibility index (Phi) is 3.60. The molecule has 13 heavy (non-hydrogen) atoms. The molecule has 1 fully saturated rings. The third-order valence-electron chi connectivity index (χ3n) is 2.36. The molecule has 0 bridgehead atoms. The highest BCUT2D eigenvalue weighted by Gasteiger charge is 2.29. The molecule has 2 rings (SSSR count). The lowest BCUT2D eigenvalue weighted by molar-refractivity contribution is 0.633. The Morgan fingerprint density at radius 2 is 2.08 bits per heavy atom. The zero-order valence-corrected chi connectivity index (χ0v) is 8.81. The molecule has 1 aromatic carbocycles. The van der Waals surface area contributed by atoms with E-state index in [9.17, 15) is 0 Å². The molecule has 0 spiro atoms. The standard InChI is InChI=1S/C10H12ClN.ClH/c11-9-3-1-2-8(6-9)10(12)7-4-5-7;/h1-3,6-7,10H,4-5,12H2;1H. The second-order valence-electron chi connectivity index (χ2n) is 3.42. The van der Waals surface area contributed by atoms with Crippen molar-refractivity contribution < 1.29 is 0 Å². The van der Waals surface area contributed by atoms with Crippen LogP contribution in [-0.4, -0.2) is 0 Å². The van der Waals surface area contributed by atoms with Gasteiger partial charge in [-0.1, -0.05) is 23.7 Å². The van der Waals surface area contributed by atoms with Gasteiger partial charge >= 0.3 is 0 Å². The zero-order chi connectivity index (χ0) is 8.55. The Morgan fingerprint density at radius 3 is 2.62 bits per heavy atom. The van der Waals surface area contributed by atoms with Crippen molar-refractivity contribution in [3.8, 4) is 0 Å². The molecule has 1 nitrogen and oxygen atoms in total. The van der Waals surface area contributed by atoms with Crippen LogP contribution in [0.1, 0.15) is 24.4 Å². The fourth-order valence-corrected chi connectivity index (χ4v) is 1.64.